The highest BCUT2D eigenvalue weighted by Crippen LogP contribution is 2.27. The van der Waals surface area contributed by atoms with Crippen LogP contribution in [0.15, 0.2) is 0 Å². The first kappa shape index (κ1) is 12.9. The van der Waals surface area contributed by atoms with Crippen molar-refractivity contribution in [3.63, 3.8) is 0 Å². The molecular weight excluding hydrogens is 188 g/mol. The zero-order chi connectivity index (χ0) is 11.3. The van der Waals surface area contributed by atoms with Crippen LogP contribution in [-0.4, -0.2) is 49.3 Å². The smallest absolute Gasteiger partial charge is 0.0546 e. The molecule has 0 spiro atoms. The van der Waals surface area contributed by atoms with E-state index in [0.29, 0.717) is 5.92 Å². The highest BCUT2D eigenvalue weighted by molar-refractivity contribution is 4.80. The first-order valence-corrected chi connectivity index (χ1v) is 6.19. The van der Waals surface area contributed by atoms with Gasteiger partial charge < -0.3 is 15.3 Å². The fraction of sp³-hybridized carbons (Fsp3) is 1.00. The summed E-state index contributed by atoms with van der Waals surface area (Å²) in [4.78, 5) is 2.40. The van der Waals surface area contributed by atoms with Crippen LogP contribution in [0.1, 0.15) is 26.7 Å². The summed E-state index contributed by atoms with van der Waals surface area (Å²) in [6.45, 7) is 8.89. The van der Waals surface area contributed by atoms with Crippen LogP contribution in [0.3, 0.4) is 0 Å². The topological polar surface area (TPSA) is 35.5 Å². The van der Waals surface area contributed by atoms with Gasteiger partial charge in [-0.15, -0.1) is 0 Å². The van der Waals surface area contributed by atoms with Crippen LogP contribution >= 0.6 is 0 Å². The van der Waals surface area contributed by atoms with E-state index in [1.807, 2.05) is 0 Å². The maximum atomic E-state index is 9.20. The molecule has 1 unspecified atom stereocenters. The molecule has 0 aliphatic heterocycles. The Balaban J connectivity index is 2.04. The molecule has 1 rings (SSSR count). The molecule has 0 aromatic heterocycles. The van der Waals surface area contributed by atoms with Crippen LogP contribution in [0.5, 0.6) is 0 Å². The first-order valence-electron chi connectivity index (χ1n) is 6.19. The standard InChI is InChI=1S/C12H26N2O/c1-4-13-7-10(2)8-14(3)9-11-5-12(15)6-11/h10-13,15H,4-9H2,1-3H3. The predicted molar refractivity (Wildman–Crippen MR) is 63.9 cm³/mol. The van der Waals surface area contributed by atoms with E-state index in [1.165, 1.54) is 0 Å². The Bertz CT molecular complexity index is 169. The number of nitrogens with one attached hydrogen (secondary N) is 1. The van der Waals surface area contributed by atoms with Gasteiger partial charge in [0.15, 0.2) is 0 Å². The lowest BCUT2D eigenvalue weighted by Crippen LogP contribution is -2.39. The number of aliphatic hydroxyl groups excluding tert-OH is 1. The third-order valence-corrected chi connectivity index (χ3v) is 3.15. The molecule has 0 radical (unpaired) electrons. The van der Waals surface area contributed by atoms with Crippen molar-refractivity contribution < 1.29 is 5.11 Å². The van der Waals surface area contributed by atoms with Crippen LogP contribution in [0.4, 0.5) is 0 Å². The van der Waals surface area contributed by atoms with Gasteiger partial charge >= 0.3 is 0 Å². The van der Waals surface area contributed by atoms with E-state index in [9.17, 15) is 5.11 Å². The molecule has 0 aromatic carbocycles. The van der Waals surface area contributed by atoms with E-state index in [2.05, 4.69) is 31.1 Å². The van der Waals surface area contributed by atoms with E-state index in [1.54, 1.807) is 0 Å². The molecule has 1 atom stereocenters. The fourth-order valence-electron chi connectivity index (χ4n) is 2.35. The van der Waals surface area contributed by atoms with Crippen molar-refractivity contribution in [3.05, 3.63) is 0 Å². The summed E-state index contributed by atoms with van der Waals surface area (Å²) in [5, 5.41) is 12.6. The average molecular weight is 214 g/mol. The number of hydrogen-bond acceptors (Lipinski definition) is 3. The summed E-state index contributed by atoms with van der Waals surface area (Å²) in [6, 6.07) is 0. The van der Waals surface area contributed by atoms with Gasteiger partial charge in [0, 0.05) is 13.1 Å². The van der Waals surface area contributed by atoms with Gasteiger partial charge in [0.2, 0.25) is 0 Å². The third kappa shape index (κ3) is 4.96. The molecule has 0 heterocycles. The van der Waals surface area contributed by atoms with Gasteiger partial charge in [0.05, 0.1) is 6.10 Å². The molecule has 15 heavy (non-hydrogen) atoms. The second-order valence-electron chi connectivity index (χ2n) is 5.13. The molecule has 0 aromatic rings. The molecule has 3 heteroatoms. The summed E-state index contributed by atoms with van der Waals surface area (Å²) >= 11 is 0. The number of rotatable bonds is 7. The zero-order valence-electron chi connectivity index (χ0n) is 10.4. The lowest BCUT2D eigenvalue weighted by atomic mass is 9.82. The highest BCUT2D eigenvalue weighted by Gasteiger charge is 2.27. The monoisotopic (exact) mass is 214 g/mol. The molecule has 1 aliphatic carbocycles. The fourth-order valence-corrected chi connectivity index (χ4v) is 2.35. The maximum absolute atomic E-state index is 9.20. The van der Waals surface area contributed by atoms with Gasteiger partial charge in [-0.3, -0.25) is 0 Å². The Hall–Kier alpha value is -0.120. The molecule has 0 bridgehead atoms. The second-order valence-corrected chi connectivity index (χ2v) is 5.13. The van der Waals surface area contributed by atoms with Crippen molar-refractivity contribution >= 4 is 0 Å². The summed E-state index contributed by atoms with van der Waals surface area (Å²) in [5.41, 5.74) is 0. The Morgan fingerprint density at radius 2 is 2.13 bits per heavy atom. The Morgan fingerprint density at radius 3 is 2.67 bits per heavy atom. The second kappa shape index (κ2) is 6.46. The number of aliphatic hydroxyl groups is 1. The molecule has 2 N–H and O–H groups in total. The average Bonchev–Trinajstić information content (AvgIpc) is 2.12. The van der Waals surface area contributed by atoms with Crippen molar-refractivity contribution in [1.82, 2.24) is 10.2 Å². The van der Waals surface area contributed by atoms with Gasteiger partial charge in [-0.2, -0.15) is 0 Å². The van der Waals surface area contributed by atoms with Crippen LogP contribution in [-0.2, 0) is 0 Å². The number of hydrogen-bond donors (Lipinski definition) is 2. The third-order valence-electron chi connectivity index (χ3n) is 3.15. The van der Waals surface area contributed by atoms with Crippen molar-refractivity contribution in [2.75, 3.05) is 33.2 Å². The van der Waals surface area contributed by atoms with Crippen molar-refractivity contribution in [3.8, 4) is 0 Å². The first-order chi connectivity index (χ1) is 7.11. The molecule has 1 saturated carbocycles. The van der Waals surface area contributed by atoms with E-state index in [0.717, 1.165) is 44.9 Å². The Kier molecular flexibility index (Phi) is 5.58. The van der Waals surface area contributed by atoms with Gasteiger partial charge in [-0.05, 0) is 44.8 Å². The molecule has 3 nitrogen and oxygen atoms in total. The van der Waals surface area contributed by atoms with Gasteiger partial charge in [-0.25, -0.2) is 0 Å². The molecule has 1 fully saturated rings. The van der Waals surface area contributed by atoms with Gasteiger partial charge in [0.1, 0.15) is 0 Å². The van der Waals surface area contributed by atoms with Crippen LogP contribution in [0.2, 0.25) is 0 Å². The Labute approximate surface area is 93.9 Å². The Morgan fingerprint density at radius 1 is 1.47 bits per heavy atom. The minimum absolute atomic E-state index is 0.0115. The van der Waals surface area contributed by atoms with Crippen molar-refractivity contribution in [2.24, 2.45) is 11.8 Å². The summed E-state index contributed by atoms with van der Waals surface area (Å²) in [6.07, 6.45) is 2.00. The quantitative estimate of drug-likeness (QED) is 0.662. The van der Waals surface area contributed by atoms with Crippen LogP contribution in [0.25, 0.3) is 0 Å². The zero-order valence-corrected chi connectivity index (χ0v) is 10.4. The maximum Gasteiger partial charge on any atom is 0.0546 e. The molecule has 0 amide bonds. The van der Waals surface area contributed by atoms with Crippen molar-refractivity contribution in [2.45, 2.75) is 32.8 Å². The highest BCUT2D eigenvalue weighted by atomic mass is 16.3. The van der Waals surface area contributed by atoms with E-state index < -0.39 is 0 Å². The van der Waals surface area contributed by atoms with Crippen LogP contribution < -0.4 is 5.32 Å². The SMILES string of the molecule is CCNCC(C)CN(C)CC1CC(O)C1. The summed E-state index contributed by atoms with van der Waals surface area (Å²) < 4.78 is 0. The molecule has 1 aliphatic rings. The molecular formula is C12H26N2O. The number of nitrogens with zero attached hydrogens (tertiary/aromatic N) is 1. The van der Waals surface area contributed by atoms with E-state index in [4.69, 9.17) is 0 Å². The molecule has 0 saturated heterocycles. The summed E-state index contributed by atoms with van der Waals surface area (Å²) in [7, 11) is 2.19. The van der Waals surface area contributed by atoms with E-state index in [-0.39, 0.29) is 6.10 Å². The minimum atomic E-state index is -0.0115. The van der Waals surface area contributed by atoms with Crippen molar-refractivity contribution in [1.29, 1.82) is 0 Å². The minimum Gasteiger partial charge on any atom is -0.393 e. The van der Waals surface area contributed by atoms with Crippen LogP contribution in [0, 0.1) is 11.8 Å². The predicted octanol–water partition coefficient (Wildman–Crippen LogP) is 0.935. The summed E-state index contributed by atoms with van der Waals surface area (Å²) in [5.74, 6) is 1.44. The lowest BCUT2D eigenvalue weighted by Gasteiger charge is -2.35. The van der Waals surface area contributed by atoms with Gasteiger partial charge in [-0.1, -0.05) is 13.8 Å². The largest absolute Gasteiger partial charge is 0.393 e. The molecule has 90 valence electrons. The normalized spacial score (nSPS) is 27.8. The van der Waals surface area contributed by atoms with Gasteiger partial charge in [0.25, 0.3) is 0 Å². The van der Waals surface area contributed by atoms with E-state index >= 15 is 0 Å². The lowest BCUT2D eigenvalue weighted by molar-refractivity contribution is 0.0267.